The van der Waals surface area contributed by atoms with Gasteiger partial charge in [-0.3, -0.25) is 0 Å². The van der Waals surface area contributed by atoms with Crippen molar-refractivity contribution in [3.63, 3.8) is 0 Å². The average molecular weight is 367 g/mol. The van der Waals surface area contributed by atoms with Crippen LogP contribution in [0.2, 0.25) is 0 Å². The van der Waals surface area contributed by atoms with Crippen LogP contribution in [-0.4, -0.2) is 19.7 Å². The molecule has 1 N–H and O–H groups in total. The highest BCUT2D eigenvalue weighted by atomic mass is 32.2. The molecular formula is C21H21NO3S. The summed E-state index contributed by atoms with van der Waals surface area (Å²) in [5, 5.41) is 11.8. The third kappa shape index (κ3) is 3.63. The van der Waals surface area contributed by atoms with Crippen LogP contribution in [0.5, 0.6) is 5.75 Å². The van der Waals surface area contributed by atoms with Crippen molar-refractivity contribution in [2.75, 3.05) is 0 Å². The fourth-order valence-electron chi connectivity index (χ4n) is 2.73. The molecule has 0 aliphatic heterocycles. The summed E-state index contributed by atoms with van der Waals surface area (Å²) in [5.74, 6) is -0.00858. The molecule has 0 aliphatic rings. The van der Waals surface area contributed by atoms with Crippen LogP contribution in [0.1, 0.15) is 31.9 Å². The summed E-state index contributed by atoms with van der Waals surface area (Å²) in [6.07, 6.45) is 1.21. The lowest BCUT2D eigenvalue weighted by molar-refractivity contribution is 0.475. The third-order valence-electron chi connectivity index (χ3n) is 4.29. The van der Waals surface area contributed by atoms with Gasteiger partial charge < -0.3 is 5.11 Å². The molecule has 0 saturated carbocycles. The molecule has 134 valence electrons. The van der Waals surface area contributed by atoms with Gasteiger partial charge in [0.25, 0.3) is 10.0 Å². The monoisotopic (exact) mass is 367 g/mol. The fraction of sp³-hybridized carbons (Fsp3) is 0.190. The number of nitrogens with zero attached hydrogens (tertiary/aromatic N) is 1. The smallest absolute Gasteiger partial charge is 0.282 e. The van der Waals surface area contributed by atoms with Gasteiger partial charge in [-0.15, -0.1) is 0 Å². The largest absolute Gasteiger partial charge is 0.507 e. The molecule has 0 unspecified atom stereocenters. The van der Waals surface area contributed by atoms with E-state index in [-0.39, 0.29) is 16.1 Å². The second-order valence-corrected chi connectivity index (χ2v) is 8.84. The van der Waals surface area contributed by atoms with Crippen LogP contribution >= 0.6 is 0 Å². The van der Waals surface area contributed by atoms with Crippen LogP contribution < -0.4 is 0 Å². The molecule has 0 aliphatic carbocycles. The Hall–Kier alpha value is -2.66. The molecule has 0 bridgehead atoms. The SMILES string of the molecule is CC(C)(C)c1ccc(S(=O)(=O)N=Cc2c(O)ccc3ccccc23)cc1. The number of fused-ring (bicyclic) bond motifs is 1. The van der Waals surface area contributed by atoms with Crippen LogP contribution in [0.3, 0.4) is 0 Å². The van der Waals surface area contributed by atoms with E-state index in [4.69, 9.17) is 0 Å². The van der Waals surface area contributed by atoms with E-state index < -0.39 is 10.0 Å². The van der Waals surface area contributed by atoms with Crippen LogP contribution in [0.15, 0.2) is 70.0 Å². The summed E-state index contributed by atoms with van der Waals surface area (Å²) in [6.45, 7) is 6.20. The molecule has 5 heteroatoms. The summed E-state index contributed by atoms with van der Waals surface area (Å²) in [6, 6.07) is 17.5. The van der Waals surface area contributed by atoms with Gasteiger partial charge in [-0.25, -0.2) is 0 Å². The van der Waals surface area contributed by atoms with Crippen LogP contribution in [0.25, 0.3) is 10.8 Å². The topological polar surface area (TPSA) is 66.7 Å². The number of hydrogen-bond donors (Lipinski definition) is 1. The van der Waals surface area contributed by atoms with Gasteiger partial charge in [-0.2, -0.15) is 12.8 Å². The van der Waals surface area contributed by atoms with Gasteiger partial charge in [-0.05, 0) is 39.9 Å². The number of rotatable bonds is 3. The molecule has 0 aromatic heterocycles. The molecule has 0 amide bonds. The number of hydrogen-bond acceptors (Lipinski definition) is 3. The summed E-state index contributed by atoms with van der Waals surface area (Å²) in [7, 11) is -3.85. The van der Waals surface area contributed by atoms with Gasteiger partial charge in [-0.1, -0.05) is 63.2 Å². The van der Waals surface area contributed by atoms with Crippen molar-refractivity contribution in [2.45, 2.75) is 31.1 Å². The molecule has 3 aromatic carbocycles. The van der Waals surface area contributed by atoms with Crippen molar-refractivity contribution >= 4 is 27.0 Å². The van der Waals surface area contributed by atoms with Gasteiger partial charge in [0, 0.05) is 5.56 Å². The van der Waals surface area contributed by atoms with E-state index in [1.54, 1.807) is 30.3 Å². The lowest BCUT2D eigenvalue weighted by atomic mass is 9.87. The minimum absolute atomic E-state index is 0.00858. The van der Waals surface area contributed by atoms with Gasteiger partial charge >= 0.3 is 0 Å². The summed E-state index contributed by atoms with van der Waals surface area (Å²) >= 11 is 0. The lowest BCUT2D eigenvalue weighted by Gasteiger charge is -2.18. The fourth-order valence-corrected chi connectivity index (χ4v) is 3.58. The van der Waals surface area contributed by atoms with Crippen LogP contribution in [0, 0.1) is 0 Å². The van der Waals surface area contributed by atoms with Crippen molar-refractivity contribution in [3.8, 4) is 5.75 Å². The van der Waals surface area contributed by atoms with Crippen LogP contribution in [0.4, 0.5) is 0 Å². The first-order valence-electron chi connectivity index (χ1n) is 8.30. The molecule has 3 rings (SSSR count). The molecule has 0 saturated heterocycles. The van der Waals surface area contributed by atoms with Gasteiger partial charge in [0.15, 0.2) is 0 Å². The van der Waals surface area contributed by atoms with E-state index in [0.717, 1.165) is 16.3 Å². The van der Waals surface area contributed by atoms with Crippen molar-refractivity contribution in [3.05, 3.63) is 71.8 Å². The molecule has 0 spiro atoms. The predicted molar refractivity (Wildman–Crippen MR) is 106 cm³/mol. The molecule has 4 nitrogen and oxygen atoms in total. The maximum absolute atomic E-state index is 12.5. The average Bonchev–Trinajstić information content (AvgIpc) is 2.60. The molecule has 0 fully saturated rings. The summed E-state index contributed by atoms with van der Waals surface area (Å²) in [5.41, 5.74) is 1.38. The first-order chi connectivity index (χ1) is 12.2. The number of aromatic hydroxyl groups is 1. The molecule has 3 aromatic rings. The summed E-state index contributed by atoms with van der Waals surface area (Å²) in [4.78, 5) is 0.126. The zero-order valence-electron chi connectivity index (χ0n) is 15.0. The van der Waals surface area contributed by atoms with Crippen molar-refractivity contribution in [1.29, 1.82) is 0 Å². The quantitative estimate of drug-likeness (QED) is 0.685. The van der Waals surface area contributed by atoms with E-state index >= 15 is 0 Å². The summed E-state index contributed by atoms with van der Waals surface area (Å²) < 4.78 is 28.9. The Kier molecular flexibility index (Phi) is 4.59. The highest BCUT2D eigenvalue weighted by molar-refractivity contribution is 7.90. The zero-order chi connectivity index (χ0) is 18.9. The Morgan fingerprint density at radius 1 is 0.923 bits per heavy atom. The second-order valence-electron chi connectivity index (χ2n) is 7.20. The molecular weight excluding hydrogens is 346 g/mol. The minimum atomic E-state index is -3.85. The number of phenols is 1. The predicted octanol–water partition coefficient (Wildman–Crippen LogP) is 4.65. The van der Waals surface area contributed by atoms with Gasteiger partial charge in [0.05, 0.1) is 11.1 Å². The van der Waals surface area contributed by atoms with Crippen molar-refractivity contribution in [2.24, 2.45) is 4.40 Å². The van der Waals surface area contributed by atoms with Gasteiger partial charge in [0.2, 0.25) is 0 Å². The Bertz CT molecular complexity index is 1080. The Morgan fingerprint density at radius 2 is 1.58 bits per heavy atom. The Labute approximate surface area is 153 Å². The minimum Gasteiger partial charge on any atom is -0.507 e. The first-order valence-corrected chi connectivity index (χ1v) is 9.74. The number of phenolic OH excluding ortho intramolecular Hbond substituents is 1. The van der Waals surface area contributed by atoms with E-state index in [1.807, 2.05) is 24.3 Å². The van der Waals surface area contributed by atoms with E-state index in [1.165, 1.54) is 12.3 Å². The number of sulfonamides is 1. The normalized spacial score (nSPS) is 12.7. The van der Waals surface area contributed by atoms with E-state index in [2.05, 4.69) is 25.2 Å². The molecule has 0 heterocycles. The lowest BCUT2D eigenvalue weighted by Crippen LogP contribution is -2.11. The molecule has 0 radical (unpaired) electrons. The Morgan fingerprint density at radius 3 is 2.23 bits per heavy atom. The van der Waals surface area contributed by atoms with Crippen molar-refractivity contribution < 1.29 is 13.5 Å². The second kappa shape index (κ2) is 6.57. The van der Waals surface area contributed by atoms with Gasteiger partial charge in [0.1, 0.15) is 5.75 Å². The maximum atomic E-state index is 12.5. The van der Waals surface area contributed by atoms with Crippen molar-refractivity contribution in [1.82, 2.24) is 0 Å². The highest BCUT2D eigenvalue weighted by Crippen LogP contribution is 2.27. The Balaban J connectivity index is 1.99. The third-order valence-corrected chi connectivity index (χ3v) is 5.54. The number of benzene rings is 3. The standard InChI is InChI=1S/C21H21NO3S/c1-21(2,3)16-9-11-17(12-10-16)26(24,25)22-14-19-18-7-5-4-6-15(18)8-13-20(19)23/h4-14,23H,1-3H3. The molecule has 0 atom stereocenters. The molecule has 26 heavy (non-hydrogen) atoms. The maximum Gasteiger partial charge on any atom is 0.282 e. The van der Waals surface area contributed by atoms with E-state index in [0.29, 0.717) is 5.56 Å². The zero-order valence-corrected chi connectivity index (χ0v) is 15.8. The van der Waals surface area contributed by atoms with Crippen LogP contribution in [-0.2, 0) is 15.4 Å². The highest BCUT2D eigenvalue weighted by Gasteiger charge is 2.17. The first kappa shape index (κ1) is 18.1. The van der Waals surface area contributed by atoms with E-state index in [9.17, 15) is 13.5 Å².